The number of amides is 4. The van der Waals surface area contributed by atoms with Gasteiger partial charge in [-0.15, -0.1) is 0 Å². The fraction of sp³-hybridized carbons (Fsp3) is 0.762. The van der Waals surface area contributed by atoms with Gasteiger partial charge in [0.1, 0.15) is 37.6 Å². The Morgan fingerprint density at radius 1 is 0.638 bits per heavy atom. The van der Waals surface area contributed by atoms with Gasteiger partial charge in [0.2, 0.25) is 0 Å². The first kappa shape index (κ1) is 49.8. The third-order valence-electron chi connectivity index (χ3n) is 10.7. The van der Waals surface area contributed by atoms with Gasteiger partial charge < -0.3 is 49.7 Å². The third kappa shape index (κ3) is 17.3. The smallest absolute Gasteiger partial charge is 0.407 e. The highest BCUT2D eigenvalue weighted by Gasteiger charge is 2.45. The zero-order chi connectivity index (χ0) is 44.2. The summed E-state index contributed by atoms with van der Waals surface area (Å²) >= 11 is 0. The molecular weight excluding hydrogens is 752 g/mol. The molecular formula is C42H70N4O12. The first-order valence-corrected chi connectivity index (χ1v) is 20.0. The molecule has 2 rings (SSSR count). The van der Waals surface area contributed by atoms with Gasteiger partial charge in [0, 0.05) is 37.3 Å². The molecule has 5 unspecified atom stereocenters. The summed E-state index contributed by atoms with van der Waals surface area (Å²) in [6.45, 7) is 28.0. The van der Waals surface area contributed by atoms with Gasteiger partial charge in [-0.05, 0) is 94.8 Å². The summed E-state index contributed by atoms with van der Waals surface area (Å²) in [5.74, 6) is -1.53. The lowest BCUT2D eigenvalue weighted by Crippen LogP contribution is -2.55. The van der Waals surface area contributed by atoms with E-state index < -0.39 is 47.5 Å². The Kier molecular flexibility index (Phi) is 17.7. The molecule has 4 amide bonds. The molecule has 0 aromatic heterocycles. The normalized spacial score (nSPS) is 24.4. The number of hydrogen-bond donors (Lipinski definition) is 4. The molecule has 4 N–H and O–H groups in total. The van der Waals surface area contributed by atoms with E-state index in [0.717, 1.165) is 31.4 Å². The molecule has 0 heterocycles. The van der Waals surface area contributed by atoms with Crippen molar-refractivity contribution < 1.29 is 57.2 Å². The zero-order valence-electron chi connectivity index (χ0n) is 36.7. The van der Waals surface area contributed by atoms with E-state index in [1.165, 1.54) is 0 Å². The van der Waals surface area contributed by atoms with Gasteiger partial charge in [-0.1, -0.05) is 54.7 Å². The van der Waals surface area contributed by atoms with E-state index in [0.29, 0.717) is 32.4 Å². The molecule has 0 saturated heterocycles. The van der Waals surface area contributed by atoms with Crippen LogP contribution in [0.2, 0.25) is 0 Å². The van der Waals surface area contributed by atoms with Crippen molar-refractivity contribution >= 4 is 36.1 Å². The van der Waals surface area contributed by atoms with E-state index >= 15 is 0 Å². The van der Waals surface area contributed by atoms with E-state index in [9.17, 15) is 28.8 Å². The van der Waals surface area contributed by atoms with Crippen molar-refractivity contribution in [3.05, 3.63) is 25.3 Å². The first-order chi connectivity index (χ1) is 26.6. The molecule has 5 atom stereocenters. The number of carbonyl (C=O) groups is 6. The van der Waals surface area contributed by atoms with Crippen LogP contribution in [0.15, 0.2) is 25.3 Å². The minimum atomic E-state index is -1.28. The molecule has 330 valence electrons. The lowest BCUT2D eigenvalue weighted by atomic mass is 9.62. The summed E-state index contributed by atoms with van der Waals surface area (Å²) in [5.41, 5.74) is -3.43. The molecule has 0 aromatic carbocycles. The van der Waals surface area contributed by atoms with Crippen molar-refractivity contribution in [3.63, 3.8) is 0 Å². The van der Waals surface area contributed by atoms with E-state index in [4.69, 9.17) is 28.4 Å². The predicted octanol–water partition coefficient (Wildman–Crippen LogP) is 5.87. The zero-order valence-corrected chi connectivity index (χ0v) is 36.7. The molecule has 0 bridgehead atoms. The topological polar surface area (TPSA) is 206 Å². The molecule has 2 aliphatic carbocycles. The number of alkyl carbamates (subject to hydrolysis) is 3. The third-order valence-corrected chi connectivity index (χ3v) is 10.7. The Morgan fingerprint density at radius 2 is 1.03 bits per heavy atom. The number of rotatable bonds is 19. The maximum absolute atomic E-state index is 13.6. The van der Waals surface area contributed by atoms with Crippen LogP contribution in [0.3, 0.4) is 0 Å². The van der Waals surface area contributed by atoms with Crippen molar-refractivity contribution in [3.8, 4) is 0 Å². The summed E-state index contributed by atoms with van der Waals surface area (Å²) < 4.78 is 32.2. The molecule has 0 aliphatic heterocycles. The van der Waals surface area contributed by atoms with Crippen molar-refractivity contribution in [2.45, 2.75) is 144 Å². The summed E-state index contributed by atoms with van der Waals surface area (Å²) in [6, 6.07) is -0.417. The van der Waals surface area contributed by atoms with Crippen LogP contribution in [0.5, 0.6) is 0 Å². The fourth-order valence-electron chi connectivity index (χ4n) is 8.62. The molecule has 0 radical (unpaired) electrons. The Hall–Kier alpha value is -4.34. The molecule has 2 saturated carbocycles. The minimum absolute atomic E-state index is 0.0771. The van der Waals surface area contributed by atoms with Crippen molar-refractivity contribution in [2.24, 2.45) is 21.7 Å². The number of carbonyl (C=O) groups excluding carboxylic acids is 6. The second-order valence-corrected chi connectivity index (χ2v) is 19.1. The van der Waals surface area contributed by atoms with E-state index in [1.54, 1.807) is 34.6 Å². The fourth-order valence-corrected chi connectivity index (χ4v) is 8.62. The molecule has 0 spiro atoms. The highest BCUT2D eigenvalue weighted by Crippen LogP contribution is 2.47. The predicted molar refractivity (Wildman–Crippen MR) is 217 cm³/mol. The van der Waals surface area contributed by atoms with Crippen LogP contribution in [-0.2, 0) is 42.8 Å². The van der Waals surface area contributed by atoms with Gasteiger partial charge in [0.25, 0.3) is 5.91 Å². The van der Waals surface area contributed by atoms with E-state index in [2.05, 4.69) is 76.0 Å². The van der Waals surface area contributed by atoms with Crippen LogP contribution in [0.4, 0.5) is 14.4 Å². The Morgan fingerprint density at radius 3 is 1.45 bits per heavy atom. The standard InChI is InChI=1S/C42H70N4O12/c1-14-31(47)53-16-18-55-35(51)45-29-20-37(4,5)24-41(12,22-29)26-43-33(49)40(10,11)57-28(3)39(8,9)58-34(50)44-27-42(13)23-30(21-38(6,7)25-42)46-36(52)56-19-17-54-32(48)15-2/h14-15,28-30H,1-2,16-27H2,3-13H3,(H,43,49)(H,44,50)(H,45,51)(H,46,52). The molecule has 58 heavy (non-hydrogen) atoms. The highest BCUT2D eigenvalue weighted by molar-refractivity contribution is 5.84. The van der Waals surface area contributed by atoms with E-state index in [1.807, 2.05) is 0 Å². The maximum atomic E-state index is 13.6. The van der Waals surface area contributed by atoms with Crippen molar-refractivity contribution in [2.75, 3.05) is 39.5 Å². The summed E-state index contributed by atoms with van der Waals surface area (Å²) in [4.78, 5) is 74.2. The second kappa shape index (κ2) is 20.6. The lowest BCUT2D eigenvalue weighted by molar-refractivity contribution is -0.168. The Labute approximate surface area is 344 Å². The van der Waals surface area contributed by atoms with Crippen LogP contribution in [0.1, 0.15) is 115 Å². The number of nitrogens with one attached hydrogen (secondary N) is 4. The average molecular weight is 823 g/mol. The lowest BCUT2D eigenvalue weighted by Gasteiger charge is -2.47. The largest absolute Gasteiger partial charge is 0.459 e. The monoisotopic (exact) mass is 822 g/mol. The maximum Gasteiger partial charge on any atom is 0.407 e. The van der Waals surface area contributed by atoms with Gasteiger partial charge >= 0.3 is 30.2 Å². The molecule has 2 aliphatic rings. The second-order valence-electron chi connectivity index (χ2n) is 19.1. The van der Waals surface area contributed by atoms with Crippen LogP contribution >= 0.6 is 0 Å². The molecule has 16 nitrogen and oxygen atoms in total. The van der Waals surface area contributed by atoms with Gasteiger partial charge in [-0.3, -0.25) is 4.79 Å². The van der Waals surface area contributed by atoms with Crippen LogP contribution in [-0.4, -0.2) is 105 Å². The average Bonchev–Trinajstić information content (AvgIpc) is 3.07. The highest BCUT2D eigenvalue weighted by atomic mass is 16.6. The van der Waals surface area contributed by atoms with E-state index in [-0.39, 0.29) is 66.1 Å². The van der Waals surface area contributed by atoms with Crippen molar-refractivity contribution in [1.82, 2.24) is 21.3 Å². The molecule has 0 aromatic rings. The SMILES string of the molecule is C=CC(=O)OCCOC(=O)NC1CC(C)(C)CC(C)(CNC(=O)OC(C)(C)C(C)OC(C)(C)C(=O)NCC2(C)CC(NC(=O)OCCOC(=O)C=C)CC(C)(C)C2)C1. The summed E-state index contributed by atoms with van der Waals surface area (Å²) in [6.07, 6.45) is 3.72. The first-order valence-electron chi connectivity index (χ1n) is 20.0. The number of esters is 2. The number of ether oxygens (including phenoxy) is 6. The summed E-state index contributed by atoms with van der Waals surface area (Å²) in [5, 5.41) is 11.8. The van der Waals surface area contributed by atoms with Crippen LogP contribution in [0.25, 0.3) is 0 Å². The van der Waals surface area contributed by atoms with Crippen LogP contribution < -0.4 is 21.3 Å². The Bertz CT molecular complexity index is 1490. The summed E-state index contributed by atoms with van der Waals surface area (Å²) in [7, 11) is 0. The molecule has 2 fully saturated rings. The minimum Gasteiger partial charge on any atom is -0.459 e. The van der Waals surface area contributed by atoms with Crippen LogP contribution in [0, 0.1) is 21.7 Å². The van der Waals surface area contributed by atoms with Gasteiger partial charge in [0.05, 0.1) is 6.10 Å². The Balaban J connectivity index is 1.90. The quantitative estimate of drug-likeness (QED) is 0.0523. The molecule has 16 heteroatoms. The van der Waals surface area contributed by atoms with Gasteiger partial charge in [-0.25, -0.2) is 24.0 Å². The van der Waals surface area contributed by atoms with Crippen molar-refractivity contribution in [1.29, 1.82) is 0 Å². The number of hydrogen-bond acceptors (Lipinski definition) is 12. The van der Waals surface area contributed by atoms with Gasteiger partial charge in [0.15, 0.2) is 0 Å². The van der Waals surface area contributed by atoms with Gasteiger partial charge in [-0.2, -0.15) is 0 Å².